The Morgan fingerprint density at radius 3 is 2.61 bits per heavy atom. The van der Waals surface area contributed by atoms with Crippen molar-refractivity contribution in [1.82, 2.24) is 0 Å². The highest BCUT2D eigenvalue weighted by Crippen LogP contribution is 2.27. The lowest BCUT2D eigenvalue weighted by molar-refractivity contribution is 0.112. The van der Waals surface area contributed by atoms with Gasteiger partial charge in [0.2, 0.25) is 0 Å². The van der Waals surface area contributed by atoms with Crippen molar-refractivity contribution in [2.75, 3.05) is 0 Å². The van der Waals surface area contributed by atoms with Crippen molar-refractivity contribution in [3.8, 4) is 0 Å². The van der Waals surface area contributed by atoms with Gasteiger partial charge in [-0.3, -0.25) is 4.79 Å². The summed E-state index contributed by atoms with van der Waals surface area (Å²) in [5, 5.41) is 1.28. The van der Waals surface area contributed by atoms with Crippen LogP contribution in [0, 0.1) is 0 Å². The van der Waals surface area contributed by atoms with Gasteiger partial charge in [-0.05, 0) is 23.1 Å². The maximum absolute atomic E-state index is 11.0. The molecule has 2 aromatic carbocycles. The summed E-state index contributed by atoms with van der Waals surface area (Å²) in [4.78, 5) is 12.3. The number of benzene rings is 2. The number of thiophene rings is 1. The minimum Gasteiger partial charge on any atom is -0.298 e. The largest absolute Gasteiger partial charge is 0.298 e. The second-order valence-corrected chi connectivity index (χ2v) is 5.41. The first kappa shape index (κ1) is 11.2. The fraction of sp³-hybridized carbons (Fsp3) is 0.0625. The zero-order chi connectivity index (χ0) is 12.4. The van der Waals surface area contributed by atoms with E-state index in [0.717, 1.165) is 23.8 Å². The van der Waals surface area contributed by atoms with E-state index in [1.807, 2.05) is 24.3 Å². The average molecular weight is 252 g/mol. The van der Waals surface area contributed by atoms with E-state index in [9.17, 15) is 4.79 Å². The van der Waals surface area contributed by atoms with Gasteiger partial charge in [-0.25, -0.2) is 0 Å². The molecular weight excluding hydrogens is 240 g/mol. The van der Waals surface area contributed by atoms with E-state index in [1.165, 1.54) is 15.0 Å². The summed E-state index contributed by atoms with van der Waals surface area (Å²) in [6.07, 6.45) is 1.76. The summed E-state index contributed by atoms with van der Waals surface area (Å²) >= 11 is 1.80. The molecule has 0 atom stereocenters. The first-order valence-corrected chi connectivity index (χ1v) is 6.69. The maximum atomic E-state index is 11.0. The fourth-order valence-corrected chi connectivity index (χ4v) is 3.21. The third kappa shape index (κ3) is 2.07. The molecule has 0 radical (unpaired) electrons. The number of carbonyl (C=O) groups is 1. The molecule has 0 aliphatic carbocycles. The van der Waals surface area contributed by atoms with E-state index in [-0.39, 0.29) is 0 Å². The van der Waals surface area contributed by atoms with Crippen LogP contribution < -0.4 is 0 Å². The monoisotopic (exact) mass is 252 g/mol. The van der Waals surface area contributed by atoms with Crippen LogP contribution in [-0.4, -0.2) is 6.29 Å². The molecule has 0 N–H and O–H groups in total. The lowest BCUT2D eigenvalue weighted by atomic mass is 10.0. The first-order chi connectivity index (χ1) is 8.86. The molecule has 18 heavy (non-hydrogen) atoms. The van der Waals surface area contributed by atoms with Crippen molar-refractivity contribution < 1.29 is 4.79 Å². The van der Waals surface area contributed by atoms with Crippen molar-refractivity contribution in [1.29, 1.82) is 0 Å². The van der Waals surface area contributed by atoms with Gasteiger partial charge in [0.15, 0.2) is 0 Å². The molecule has 0 saturated heterocycles. The molecular formula is C16H12OS. The van der Waals surface area contributed by atoms with Crippen molar-refractivity contribution in [2.45, 2.75) is 6.42 Å². The van der Waals surface area contributed by atoms with Crippen LogP contribution in [0.1, 0.15) is 20.8 Å². The zero-order valence-electron chi connectivity index (χ0n) is 9.80. The third-order valence-corrected chi connectivity index (χ3v) is 4.14. The molecule has 3 rings (SSSR count). The van der Waals surface area contributed by atoms with Gasteiger partial charge in [-0.15, -0.1) is 11.3 Å². The summed E-state index contributed by atoms with van der Waals surface area (Å²) in [6, 6.07) is 18.4. The Morgan fingerprint density at radius 1 is 1.00 bits per heavy atom. The molecule has 1 heterocycles. The zero-order valence-corrected chi connectivity index (χ0v) is 10.6. The highest BCUT2D eigenvalue weighted by molar-refractivity contribution is 7.19. The summed E-state index contributed by atoms with van der Waals surface area (Å²) in [5.41, 5.74) is 1.88. The molecule has 88 valence electrons. The van der Waals surface area contributed by atoms with Gasteiger partial charge in [0, 0.05) is 21.6 Å². The van der Waals surface area contributed by atoms with Gasteiger partial charge in [0.1, 0.15) is 6.29 Å². The minimum atomic E-state index is 0.787. The van der Waals surface area contributed by atoms with E-state index < -0.39 is 0 Å². The second kappa shape index (κ2) is 4.75. The first-order valence-electron chi connectivity index (χ1n) is 5.87. The van der Waals surface area contributed by atoms with Gasteiger partial charge < -0.3 is 0 Å². The SMILES string of the molecule is O=Cc1ccccc1Cc1cc2ccccc2s1. The number of aldehydes is 1. The Hall–Kier alpha value is -1.93. The van der Waals surface area contributed by atoms with Crippen molar-refractivity contribution in [2.24, 2.45) is 0 Å². The fourth-order valence-electron chi connectivity index (χ4n) is 2.12. The Bertz CT molecular complexity index is 664. The molecule has 0 aliphatic heterocycles. The van der Waals surface area contributed by atoms with Crippen molar-refractivity contribution in [3.63, 3.8) is 0 Å². The maximum Gasteiger partial charge on any atom is 0.150 e. The molecule has 3 aromatic rings. The van der Waals surface area contributed by atoms with E-state index in [4.69, 9.17) is 0 Å². The number of carbonyl (C=O) groups excluding carboxylic acids is 1. The van der Waals surface area contributed by atoms with Crippen LogP contribution in [0.25, 0.3) is 10.1 Å². The number of hydrogen-bond donors (Lipinski definition) is 0. The summed E-state index contributed by atoms with van der Waals surface area (Å²) in [6.45, 7) is 0. The molecule has 1 nitrogen and oxygen atoms in total. The van der Waals surface area contributed by atoms with Gasteiger partial charge in [0.05, 0.1) is 0 Å². The van der Waals surface area contributed by atoms with Gasteiger partial charge in [-0.1, -0.05) is 42.5 Å². The Morgan fingerprint density at radius 2 is 1.78 bits per heavy atom. The third-order valence-electron chi connectivity index (χ3n) is 3.02. The second-order valence-electron chi connectivity index (χ2n) is 4.24. The van der Waals surface area contributed by atoms with Crippen molar-refractivity contribution in [3.05, 3.63) is 70.6 Å². The molecule has 0 spiro atoms. The molecule has 0 amide bonds. The topological polar surface area (TPSA) is 17.1 Å². The van der Waals surface area contributed by atoms with E-state index in [0.29, 0.717) is 0 Å². The standard InChI is InChI=1S/C16H12OS/c17-11-14-7-2-1-5-12(14)9-15-10-13-6-3-4-8-16(13)18-15/h1-8,10-11H,9H2. The summed E-state index contributed by atoms with van der Waals surface area (Å²) in [5.74, 6) is 0. The molecule has 0 aliphatic rings. The highest BCUT2D eigenvalue weighted by Gasteiger charge is 2.05. The molecule has 0 fully saturated rings. The number of fused-ring (bicyclic) bond motifs is 1. The summed E-state index contributed by atoms with van der Waals surface area (Å²) < 4.78 is 1.30. The number of rotatable bonds is 3. The molecule has 0 unspecified atom stereocenters. The minimum absolute atomic E-state index is 0.787. The van der Waals surface area contributed by atoms with Crippen molar-refractivity contribution >= 4 is 27.7 Å². The lowest BCUT2D eigenvalue weighted by Gasteiger charge is -2.01. The van der Waals surface area contributed by atoms with E-state index in [2.05, 4.69) is 30.3 Å². The van der Waals surface area contributed by atoms with Gasteiger partial charge >= 0.3 is 0 Å². The van der Waals surface area contributed by atoms with Crippen LogP contribution in [0.2, 0.25) is 0 Å². The molecule has 0 bridgehead atoms. The highest BCUT2D eigenvalue weighted by atomic mass is 32.1. The van der Waals surface area contributed by atoms with Crippen LogP contribution in [0.3, 0.4) is 0 Å². The predicted octanol–water partition coefficient (Wildman–Crippen LogP) is 4.30. The normalized spacial score (nSPS) is 10.7. The van der Waals surface area contributed by atoms with Crippen LogP contribution in [-0.2, 0) is 6.42 Å². The van der Waals surface area contributed by atoms with Gasteiger partial charge in [-0.2, -0.15) is 0 Å². The van der Waals surface area contributed by atoms with Crippen LogP contribution in [0.4, 0.5) is 0 Å². The Kier molecular flexibility index (Phi) is 2.95. The van der Waals surface area contributed by atoms with Gasteiger partial charge in [0.25, 0.3) is 0 Å². The smallest absolute Gasteiger partial charge is 0.150 e. The van der Waals surface area contributed by atoms with E-state index >= 15 is 0 Å². The van der Waals surface area contributed by atoms with Crippen LogP contribution >= 0.6 is 11.3 Å². The van der Waals surface area contributed by atoms with Crippen LogP contribution in [0.15, 0.2) is 54.6 Å². The Labute approximate surface area is 110 Å². The number of hydrogen-bond acceptors (Lipinski definition) is 2. The lowest BCUT2D eigenvalue weighted by Crippen LogP contribution is -1.91. The predicted molar refractivity (Wildman–Crippen MR) is 76.5 cm³/mol. The van der Waals surface area contributed by atoms with E-state index in [1.54, 1.807) is 11.3 Å². The Balaban J connectivity index is 1.98. The van der Waals surface area contributed by atoms with Crippen LogP contribution in [0.5, 0.6) is 0 Å². The average Bonchev–Trinajstić information content (AvgIpc) is 2.81. The molecule has 0 saturated carbocycles. The molecule has 1 aromatic heterocycles. The molecule has 2 heteroatoms. The summed E-state index contributed by atoms with van der Waals surface area (Å²) in [7, 11) is 0. The quantitative estimate of drug-likeness (QED) is 0.635.